The van der Waals surface area contributed by atoms with Gasteiger partial charge in [0.15, 0.2) is 12.6 Å². The number of carbonyl (C=O) groups is 1. The Labute approximate surface area is 274 Å². The van der Waals surface area contributed by atoms with Gasteiger partial charge in [-0.2, -0.15) is 12.7 Å². The lowest BCUT2D eigenvalue weighted by Gasteiger charge is -2.48. The van der Waals surface area contributed by atoms with Gasteiger partial charge in [0.2, 0.25) is 0 Å². The quantitative estimate of drug-likeness (QED) is 0.327. The van der Waals surface area contributed by atoms with Crippen LogP contribution in [0.3, 0.4) is 0 Å². The van der Waals surface area contributed by atoms with Gasteiger partial charge >= 0.3 is 16.4 Å². The van der Waals surface area contributed by atoms with Crippen LogP contribution in [0, 0.1) is 0 Å². The summed E-state index contributed by atoms with van der Waals surface area (Å²) in [7, 11) is -3.38. The monoisotopic (exact) mass is 669 g/mol. The zero-order chi connectivity index (χ0) is 32.8. The van der Waals surface area contributed by atoms with Crippen LogP contribution in [0.1, 0.15) is 43.1 Å². The standard InChI is InChI=1S/C34H39NO11S/c1-40-34(37)35(47(38,39)46-27-15-9-4-10-16-27)25-17-19-26(20-18-25)43-33-31(41-21-23-11-5-2-6-12-23)29(36)30-28(44-33)22-42-32(45-30)24-13-7-3-8-14-24/h2-16,25-26,28-33,36H,17-22H2,1H3/t25?,26?,28?,29?,30-,31-,32?,33-/m1/s1. The van der Waals surface area contributed by atoms with Crippen molar-refractivity contribution in [1.82, 2.24) is 4.31 Å². The van der Waals surface area contributed by atoms with E-state index in [1.807, 2.05) is 60.7 Å². The topological polar surface area (TPSA) is 139 Å². The minimum absolute atomic E-state index is 0.0806. The molecular weight excluding hydrogens is 630 g/mol. The van der Waals surface area contributed by atoms with Crippen LogP contribution in [-0.4, -0.2) is 80.5 Å². The second kappa shape index (κ2) is 15.1. The third-order valence-corrected chi connectivity index (χ3v) is 9.84. The fourth-order valence-electron chi connectivity index (χ4n) is 6.16. The van der Waals surface area contributed by atoms with Crippen LogP contribution in [0.15, 0.2) is 91.0 Å². The molecule has 3 aliphatic rings. The van der Waals surface area contributed by atoms with Crippen LogP contribution < -0.4 is 4.18 Å². The fraction of sp³-hybridized carbons (Fsp3) is 0.441. The van der Waals surface area contributed by atoms with E-state index in [0.29, 0.717) is 30.0 Å². The number of aliphatic hydroxyl groups is 1. The average molecular weight is 670 g/mol. The third-order valence-electron chi connectivity index (χ3n) is 8.51. The zero-order valence-corrected chi connectivity index (χ0v) is 26.7. The van der Waals surface area contributed by atoms with Gasteiger partial charge in [0.05, 0.1) is 32.5 Å². The van der Waals surface area contributed by atoms with Gasteiger partial charge in [-0.05, 0) is 43.4 Å². The number of fused-ring (bicyclic) bond motifs is 1. The Kier molecular flexibility index (Phi) is 10.7. The lowest BCUT2D eigenvalue weighted by molar-refractivity contribution is -0.372. The fourth-order valence-corrected chi connectivity index (χ4v) is 7.42. The molecule has 1 N–H and O–H groups in total. The maximum Gasteiger partial charge on any atom is 0.426 e. The molecule has 2 saturated heterocycles. The summed E-state index contributed by atoms with van der Waals surface area (Å²) in [5.74, 6) is 0.0806. The number of nitrogens with zero attached hydrogens (tertiary/aromatic N) is 1. The number of amides is 1. The van der Waals surface area contributed by atoms with E-state index in [1.165, 1.54) is 12.1 Å². The van der Waals surface area contributed by atoms with Gasteiger partial charge in [-0.25, -0.2) is 4.79 Å². The first-order valence-corrected chi connectivity index (χ1v) is 17.0. The molecule has 1 saturated carbocycles. The minimum atomic E-state index is -4.51. The Morgan fingerprint density at radius 2 is 1.53 bits per heavy atom. The number of hydrogen-bond acceptors (Lipinski definition) is 11. The second-order valence-electron chi connectivity index (χ2n) is 11.7. The van der Waals surface area contributed by atoms with Crippen molar-refractivity contribution in [3.05, 3.63) is 102 Å². The maximum absolute atomic E-state index is 13.2. The Hall–Kier alpha value is -3.56. The molecule has 13 heteroatoms. The lowest BCUT2D eigenvalue weighted by Crippen LogP contribution is -2.63. The van der Waals surface area contributed by atoms with Crippen LogP contribution in [0.4, 0.5) is 4.79 Å². The number of ether oxygens (including phenoxy) is 6. The van der Waals surface area contributed by atoms with Crippen LogP contribution in [0.5, 0.6) is 5.75 Å². The molecule has 252 valence electrons. The first-order valence-electron chi connectivity index (χ1n) is 15.7. The van der Waals surface area contributed by atoms with Crippen molar-refractivity contribution in [2.24, 2.45) is 0 Å². The smallest absolute Gasteiger partial charge is 0.426 e. The van der Waals surface area contributed by atoms with Gasteiger partial charge in [-0.3, -0.25) is 0 Å². The van der Waals surface area contributed by atoms with E-state index in [4.69, 9.17) is 32.6 Å². The highest BCUT2D eigenvalue weighted by Gasteiger charge is 2.51. The van der Waals surface area contributed by atoms with E-state index in [1.54, 1.807) is 18.2 Å². The molecule has 3 aromatic rings. The van der Waals surface area contributed by atoms with E-state index >= 15 is 0 Å². The van der Waals surface area contributed by atoms with Gasteiger partial charge in [-0.1, -0.05) is 78.9 Å². The van der Waals surface area contributed by atoms with Gasteiger partial charge in [0, 0.05) is 5.56 Å². The number of para-hydroxylation sites is 1. The molecule has 1 amide bonds. The molecule has 6 rings (SSSR count). The van der Waals surface area contributed by atoms with Gasteiger partial charge in [0.1, 0.15) is 30.2 Å². The first-order chi connectivity index (χ1) is 22.8. The predicted molar refractivity (Wildman–Crippen MR) is 167 cm³/mol. The van der Waals surface area contributed by atoms with Crippen molar-refractivity contribution < 1.29 is 50.9 Å². The van der Waals surface area contributed by atoms with E-state index in [0.717, 1.165) is 18.2 Å². The van der Waals surface area contributed by atoms with Crippen LogP contribution in [-0.2, 0) is 45.3 Å². The molecule has 3 aromatic carbocycles. The Morgan fingerprint density at radius 1 is 0.894 bits per heavy atom. The lowest BCUT2D eigenvalue weighted by atomic mass is 9.92. The highest BCUT2D eigenvalue weighted by Crippen LogP contribution is 2.37. The summed E-state index contributed by atoms with van der Waals surface area (Å²) in [6.07, 6.45) is -4.98. The van der Waals surface area contributed by atoms with Gasteiger partial charge in [-0.15, -0.1) is 0 Å². The molecule has 1 aliphatic carbocycles. The molecule has 0 aromatic heterocycles. The number of methoxy groups -OCH3 is 1. The molecular formula is C34H39NO11S. The van der Waals surface area contributed by atoms with Crippen molar-refractivity contribution in [1.29, 1.82) is 0 Å². The number of carbonyl (C=O) groups excluding carboxylic acids is 1. The minimum Gasteiger partial charge on any atom is -0.452 e. The van der Waals surface area contributed by atoms with E-state index in [-0.39, 0.29) is 25.1 Å². The molecule has 2 heterocycles. The summed E-state index contributed by atoms with van der Waals surface area (Å²) in [6.45, 7) is 0.383. The van der Waals surface area contributed by atoms with Crippen LogP contribution in [0.25, 0.3) is 0 Å². The van der Waals surface area contributed by atoms with Crippen LogP contribution in [0.2, 0.25) is 0 Å². The van der Waals surface area contributed by atoms with Crippen molar-refractivity contribution >= 4 is 16.4 Å². The number of hydrogen-bond donors (Lipinski definition) is 1. The van der Waals surface area contributed by atoms with Crippen molar-refractivity contribution in [2.75, 3.05) is 13.7 Å². The summed E-state index contributed by atoms with van der Waals surface area (Å²) >= 11 is 0. The highest BCUT2D eigenvalue weighted by molar-refractivity contribution is 7.85. The van der Waals surface area contributed by atoms with Crippen molar-refractivity contribution in [3.8, 4) is 5.75 Å². The molecule has 12 nitrogen and oxygen atoms in total. The Bertz CT molecular complexity index is 1540. The molecule has 2 aliphatic heterocycles. The molecule has 3 unspecified atom stereocenters. The first kappa shape index (κ1) is 33.3. The number of benzene rings is 3. The third kappa shape index (κ3) is 7.95. The van der Waals surface area contributed by atoms with Crippen molar-refractivity contribution in [2.45, 2.75) is 81.4 Å². The SMILES string of the molecule is COC(=O)N(C1CCC(O[C@@H]2OC3COC(c4ccccc4)O[C@H]3C(O)[C@H]2OCc2ccccc2)CC1)S(=O)(=O)Oc1ccccc1. The van der Waals surface area contributed by atoms with Crippen molar-refractivity contribution in [3.63, 3.8) is 0 Å². The molecule has 0 bridgehead atoms. The summed E-state index contributed by atoms with van der Waals surface area (Å²) in [5.41, 5.74) is 1.74. The number of rotatable bonds is 10. The maximum atomic E-state index is 13.2. The second-order valence-corrected chi connectivity index (χ2v) is 13.1. The summed E-state index contributed by atoms with van der Waals surface area (Å²) in [5, 5.41) is 11.6. The predicted octanol–water partition coefficient (Wildman–Crippen LogP) is 4.49. The zero-order valence-electron chi connectivity index (χ0n) is 25.9. The van der Waals surface area contributed by atoms with E-state index in [9.17, 15) is 18.3 Å². The summed E-state index contributed by atoms with van der Waals surface area (Å²) in [4.78, 5) is 12.7. The summed E-state index contributed by atoms with van der Waals surface area (Å²) in [6, 6.07) is 26.3. The molecule has 0 radical (unpaired) electrons. The van der Waals surface area contributed by atoms with Gasteiger partial charge < -0.3 is 37.7 Å². The van der Waals surface area contributed by atoms with Crippen LogP contribution >= 0.6 is 0 Å². The largest absolute Gasteiger partial charge is 0.452 e. The average Bonchev–Trinajstić information content (AvgIpc) is 3.09. The van der Waals surface area contributed by atoms with E-state index in [2.05, 4.69) is 0 Å². The Morgan fingerprint density at radius 3 is 2.19 bits per heavy atom. The molecule has 6 atom stereocenters. The van der Waals surface area contributed by atoms with Gasteiger partial charge in [0.25, 0.3) is 0 Å². The molecule has 0 spiro atoms. The Balaban J connectivity index is 1.13. The van der Waals surface area contributed by atoms with E-state index < -0.39 is 59.4 Å². The molecule has 47 heavy (non-hydrogen) atoms. The highest BCUT2D eigenvalue weighted by atomic mass is 32.2. The normalized spacial score (nSPS) is 29.3. The summed E-state index contributed by atoms with van der Waals surface area (Å²) < 4.78 is 68.3. The molecule has 3 fully saturated rings. The number of aliphatic hydroxyl groups excluding tert-OH is 1.